The lowest BCUT2D eigenvalue weighted by molar-refractivity contribution is -0.120. The van der Waals surface area contributed by atoms with Crippen LogP contribution in [0.1, 0.15) is 12.0 Å². The van der Waals surface area contributed by atoms with Gasteiger partial charge < -0.3 is 16.0 Å². The molecule has 1 amide bonds. The van der Waals surface area contributed by atoms with Gasteiger partial charge in [0.25, 0.3) is 0 Å². The molecule has 0 spiro atoms. The monoisotopic (exact) mass is 249 g/mol. The van der Waals surface area contributed by atoms with Crippen molar-refractivity contribution in [2.75, 3.05) is 27.2 Å². The molecule has 3 N–H and O–H groups in total. The number of likely N-dealkylation sites (N-methyl/N-ethyl adjacent to an activating group) is 2. The first-order valence-electron chi connectivity index (χ1n) is 6.32. The van der Waals surface area contributed by atoms with Crippen LogP contribution in [-0.2, 0) is 11.2 Å². The maximum absolute atomic E-state index is 11.1. The fraction of sp³-hybridized carbons (Fsp3) is 0.500. The van der Waals surface area contributed by atoms with Crippen LogP contribution in [0.3, 0.4) is 0 Å². The van der Waals surface area contributed by atoms with Crippen molar-refractivity contribution in [3.8, 4) is 0 Å². The van der Waals surface area contributed by atoms with Crippen LogP contribution in [0.5, 0.6) is 0 Å². The molecule has 1 atom stereocenters. The number of carbonyl (C=O) groups excluding carboxylic acids is 1. The highest BCUT2D eigenvalue weighted by atomic mass is 16.1. The summed E-state index contributed by atoms with van der Waals surface area (Å²) >= 11 is 0. The van der Waals surface area contributed by atoms with Gasteiger partial charge >= 0.3 is 0 Å². The predicted molar refractivity (Wildman–Crippen MR) is 74.3 cm³/mol. The number of hydrogen-bond acceptors (Lipinski definition) is 3. The van der Waals surface area contributed by atoms with Gasteiger partial charge in [-0.05, 0) is 39.0 Å². The van der Waals surface area contributed by atoms with Crippen LogP contribution in [-0.4, -0.2) is 44.0 Å². The molecule has 0 aromatic heterocycles. The molecule has 0 aliphatic rings. The third-order valence-electron chi connectivity index (χ3n) is 3.12. The van der Waals surface area contributed by atoms with Crippen LogP contribution < -0.4 is 11.1 Å². The van der Waals surface area contributed by atoms with Gasteiger partial charge in [0, 0.05) is 6.54 Å². The molecule has 100 valence electrons. The van der Waals surface area contributed by atoms with Crippen LogP contribution in [0, 0.1) is 0 Å². The van der Waals surface area contributed by atoms with E-state index in [9.17, 15) is 4.79 Å². The number of primary amides is 1. The van der Waals surface area contributed by atoms with Gasteiger partial charge in [0.2, 0.25) is 5.91 Å². The van der Waals surface area contributed by atoms with Gasteiger partial charge in [-0.3, -0.25) is 4.79 Å². The summed E-state index contributed by atoms with van der Waals surface area (Å²) in [6.45, 7) is 1.85. The Balaban J connectivity index is 2.25. The van der Waals surface area contributed by atoms with E-state index in [0.717, 1.165) is 25.9 Å². The molecule has 0 heterocycles. The molecule has 0 aliphatic heterocycles. The molecule has 1 unspecified atom stereocenters. The van der Waals surface area contributed by atoms with Gasteiger partial charge in [-0.1, -0.05) is 30.3 Å². The van der Waals surface area contributed by atoms with E-state index in [-0.39, 0.29) is 11.9 Å². The van der Waals surface area contributed by atoms with Crippen LogP contribution >= 0.6 is 0 Å². The standard InChI is InChI=1S/C14H23N3O/c1-16-13(14(15)18)9-11-17(2)10-8-12-6-4-3-5-7-12/h3-7,13,16H,8-11H2,1-2H3,(H2,15,18). The van der Waals surface area contributed by atoms with Gasteiger partial charge in [-0.2, -0.15) is 0 Å². The first kappa shape index (κ1) is 14.7. The Kier molecular flexibility index (Phi) is 6.39. The summed E-state index contributed by atoms with van der Waals surface area (Å²) in [5, 5.41) is 2.93. The van der Waals surface area contributed by atoms with E-state index in [2.05, 4.69) is 41.5 Å². The molecule has 1 rings (SSSR count). The van der Waals surface area contributed by atoms with E-state index in [4.69, 9.17) is 5.73 Å². The number of rotatable bonds is 8. The first-order valence-corrected chi connectivity index (χ1v) is 6.32. The Bertz CT molecular complexity index is 353. The number of nitrogens with two attached hydrogens (primary N) is 1. The Morgan fingerprint density at radius 3 is 2.56 bits per heavy atom. The molecular formula is C14H23N3O. The Labute approximate surface area is 109 Å². The summed E-state index contributed by atoms with van der Waals surface area (Å²) in [7, 11) is 3.83. The Morgan fingerprint density at radius 1 is 1.33 bits per heavy atom. The highest BCUT2D eigenvalue weighted by molar-refractivity contribution is 5.79. The van der Waals surface area contributed by atoms with E-state index in [1.54, 1.807) is 7.05 Å². The summed E-state index contributed by atoms with van der Waals surface area (Å²) in [5.74, 6) is -0.283. The van der Waals surface area contributed by atoms with E-state index in [1.807, 2.05) is 6.07 Å². The lowest BCUT2D eigenvalue weighted by Gasteiger charge is -2.19. The molecule has 1 aromatic rings. The second kappa shape index (κ2) is 7.84. The molecular weight excluding hydrogens is 226 g/mol. The molecule has 0 saturated carbocycles. The minimum absolute atomic E-state index is 0.232. The zero-order chi connectivity index (χ0) is 13.4. The van der Waals surface area contributed by atoms with Gasteiger partial charge in [0.15, 0.2) is 0 Å². The van der Waals surface area contributed by atoms with Crippen LogP contribution in [0.25, 0.3) is 0 Å². The second-order valence-electron chi connectivity index (χ2n) is 4.57. The van der Waals surface area contributed by atoms with E-state index >= 15 is 0 Å². The number of nitrogens with zero attached hydrogens (tertiary/aromatic N) is 1. The van der Waals surface area contributed by atoms with Gasteiger partial charge in [-0.15, -0.1) is 0 Å². The molecule has 0 bridgehead atoms. The number of hydrogen-bond donors (Lipinski definition) is 2. The van der Waals surface area contributed by atoms with Crippen molar-refractivity contribution in [2.45, 2.75) is 18.9 Å². The van der Waals surface area contributed by atoms with Crippen LogP contribution in [0.2, 0.25) is 0 Å². The topological polar surface area (TPSA) is 58.4 Å². The van der Waals surface area contributed by atoms with E-state index in [0.29, 0.717) is 0 Å². The summed E-state index contributed by atoms with van der Waals surface area (Å²) in [4.78, 5) is 13.3. The van der Waals surface area contributed by atoms with Crippen molar-refractivity contribution in [3.63, 3.8) is 0 Å². The number of amides is 1. The lowest BCUT2D eigenvalue weighted by Crippen LogP contribution is -2.41. The summed E-state index contributed by atoms with van der Waals surface area (Å²) < 4.78 is 0. The van der Waals surface area contributed by atoms with Gasteiger partial charge in [-0.25, -0.2) is 0 Å². The summed E-state index contributed by atoms with van der Waals surface area (Å²) in [6.07, 6.45) is 1.77. The fourth-order valence-corrected chi connectivity index (χ4v) is 1.85. The van der Waals surface area contributed by atoms with Crippen molar-refractivity contribution in [2.24, 2.45) is 5.73 Å². The highest BCUT2D eigenvalue weighted by Crippen LogP contribution is 2.01. The largest absolute Gasteiger partial charge is 0.368 e. The summed E-state index contributed by atoms with van der Waals surface area (Å²) in [5.41, 5.74) is 6.62. The minimum atomic E-state index is -0.283. The minimum Gasteiger partial charge on any atom is -0.368 e. The molecule has 4 nitrogen and oxygen atoms in total. The van der Waals surface area contributed by atoms with Crippen molar-refractivity contribution in [1.82, 2.24) is 10.2 Å². The van der Waals surface area contributed by atoms with Gasteiger partial charge in [0.05, 0.1) is 6.04 Å². The van der Waals surface area contributed by atoms with Crippen LogP contribution in [0.4, 0.5) is 0 Å². The zero-order valence-corrected chi connectivity index (χ0v) is 11.2. The third kappa shape index (κ3) is 5.29. The normalized spacial score (nSPS) is 12.6. The third-order valence-corrected chi connectivity index (χ3v) is 3.12. The average Bonchev–Trinajstić information content (AvgIpc) is 2.38. The number of nitrogens with one attached hydrogen (secondary N) is 1. The fourth-order valence-electron chi connectivity index (χ4n) is 1.85. The Morgan fingerprint density at radius 2 is 2.00 bits per heavy atom. The number of benzene rings is 1. The smallest absolute Gasteiger partial charge is 0.234 e. The maximum atomic E-state index is 11.1. The second-order valence-corrected chi connectivity index (χ2v) is 4.57. The first-order chi connectivity index (χ1) is 8.63. The van der Waals surface area contributed by atoms with Crippen LogP contribution in [0.15, 0.2) is 30.3 Å². The highest BCUT2D eigenvalue weighted by Gasteiger charge is 2.12. The average molecular weight is 249 g/mol. The molecule has 4 heteroatoms. The SMILES string of the molecule is CNC(CCN(C)CCc1ccccc1)C(N)=O. The van der Waals surface area contributed by atoms with Crippen molar-refractivity contribution in [3.05, 3.63) is 35.9 Å². The maximum Gasteiger partial charge on any atom is 0.234 e. The predicted octanol–water partition coefficient (Wildman–Crippen LogP) is 0.624. The van der Waals surface area contributed by atoms with Crippen molar-refractivity contribution >= 4 is 5.91 Å². The summed E-state index contributed by atoms with van der Waals surface area (Å²) in [6, 6.07) is 10.2. The number of carbonyl (C=O) groups is 1. The zero-order valence-electron chi connectivity index (χ0n) is 11.2. The van der Waals surface area contributed by atoms with Crippen molar-refractivity contribution in [1.29, 1.82) is 0 Å². The molecule has 0 fully saturated rings. The van der Waals surface area contributed by atoms with E-state index in [1.165, 1.54) is 5.56 Å². The lowest BCUT2D eigenvalue weighted by atomic mass is 10.1. The molecule has 0 radical (unpaired) electrons. The molecule has 0 aliphatic carbocycles. The molecule has 1 aromatic carbocycles. The Hall–Kier alpha value is -1.39. The molecule has 18 heavy (non-hydrogen) atoms. The van der Waals surface area contributed by atoms with Crippen molar-refractivity contribution < 1.29 is 4.79 Å². The van der Waals surface area contributed by atoms with Gasteiger partial charge in [0.1, 0.15) is 0 Å². The van der Waals surface area contributed by atoms with E-state index < -0.39 is 0 Å². The quantitative estimate of drug-likeness (QED) is 0.710. The molecule has 0 saturated heterocycles.